The maximum absolute atomic E-state index is 13.3. The summed E-state index contributed by atoms with van der Waals surface area (Å²) in [6, 6.07) is 18.1. The summed E-state index contributed by atoms with van der Waals surface area (Å²) in [7, 11) is 0. The van der Waals surface area contributed by atoms with E-state index in [1.807, 2.05) is 12.2 Å². The first kappa shape index (κ1) is 22.0. The van der Waals surface area contributed by atoms with Gasteiger partial charge in [0.2, 0.25) is 0 Å². The summed E-state index contributed by atoms with van der Waals surface area (Å²) in [5.74, 6) is -1.01. The van der Waals surface area contributed by atoms with Crippen LogP contribution in [0, 0.1) is 17.5 Å². The van der Waals surface area contributed by atoms with E-state index in [2.05, 4.69) is 0 Å². The summed E-state index contributed by atoms with van der Waals surface area (Å²) in [4.78, 5) is 0. The van der Waals surface area contributed by atoms with Crippen LogP contribution in [0.1, 0.15) is 35.8 Å². The number of rotatable bonds is 9. The first-order valence-electron chi connectivity index (χ1n) is 9.82. The molecule has 0 aliphatic rings. The summed E-state index contributed by atoms with van der Waals surface area (Å²) in [6.45, 7) is 2.41. The highest BCUT2D eigenvalue weighted by atomic mass is 19.1. The van der Waals surface area contributed by atoms with Crippen molar-refractivity contribution in [1.82, 2.24) is 0 Å². The molecule has 0 bridgehead atoms. The number of aliphatic hydroxyl groups is 1. The Morgan fingerprint density at radius 2 is 1.13 bits per heavy atom. The number of benzene rings is 3. The van der Waals surface area contributed by atoms with Crippen molar-refractivity contribution >= 4 is 0 Å². The lowest BCUT2D eigenvalue weighted by molar-refractivity contribution is -0.698. The van der Waals surface area contributed by atoms with Gasteiger partial charge >= 0.3 is 0 Å². The third kappa shape index (κ3) is 6.16. The molecule has 0 fully saturated rings. The fraction of sp³-hybridized carbons (Fsp3) is 0.250. The second kappa shape index (κ2) is 10.4. The molecule has 0 heterocycles. The number of hydrogen-bond donors (Lipinski definition) is 2. The molecule has 3 N–H and O–H groups in total. The zero-order valence-corrected chi connectivity index (χ0v) is 16.6. The Balaban J connectivity index is 1.61. The van der Waals surface area contributed by atoms with Crippen molar-refractivity contribution < 1.29 is 28.3 Å². The van der Waals surface area contributed by atoms with Crippen LogP contribution in [-0.4, -0.2) is 24.4 Å². The van der Waals surface area contributed by atoms with Crippen LogP contribution in [0.15, 0.2) is 72.8 Å². The second-order valence-corrected chi connectivity index (χ2v) is 7.28. The second-order valence-electron chi connectivity index (χ2n) is 7.28. The number of quaternary nitrogens is 1. The number of hydrogen-bond acceptors (Lipinski definition) is 2. The molecule has 0 aromatic heterocycles. The molecule has 2 atom stereocenters. The predicted octanol–water partition coefficient (Wildman–Crippen LogP) is 3.90. The van der Waals surface area contributed by atoms with Gasteiger partial charge in [-0.1, -0.05) is 36.4 Å². The standard InChI is InChI=1S/C24H24F3NO2/c1-16(17-2-8-20(25)9-3-17)28-14-23(29)15-30-24(18-4-10-21(26)11-5-18)19-6-12-22(27)13-7-19/h2-13,16,23-24,28-29H,14-15H2,1H3/p+1/t16-,23+/m1/s1. The van der Waals surface area contributed by atoms with Gasteiger partial charge in [0, 0.05) is 5.56 Å². The minimum absolute atomic E-state index is 0.0465. The monoisotopic (exact) mass is 416 g/mol. The fourth-order valence-electron chi connectivity index (χ4n) is 3.20. The molecule has 0 aliphatic heterocycles. The maximum Gasteiger partial charge on any atom is 0.126 e. The van der Waals surface area contributed by atoms with Crippen LogP contribution in [0.4, 0.5) is 13.2 Å². The van der Waals surface area contributed by atoms with Gasteiger partial charge in [-0.3, -0.25) is 0 Å². The average molecular weight is 416 g/mol. The number of ether oxygens (including phenoxy) is 1. The molecule has 3 aromatic rings. The van der Waals surface area contributed by atoms with Crippen LogP contribution in [0.3, 0.4) is 0 Å². The molecular weight excluding hydrogens is 391 g/mol. The highest BCUT2D eigenvalue weighted by Crippen LogP contribution is 2.26. The van der Waals surface area contributed by atoms with Crippen LogP contribution >= 0.6 is 0 Å². The molecule has 158 valence electrons. The lowest BCUT2D eigenvalue weighted by Crippen LogP contribution is -2.87. The van der Waals surface area contributed by atoms with E-state index in [9.17, 15) is 18.3 Å². The smallest absolute Gasteiger partial charge is 0.126 e. The van der Waals surface area contributed by atoms with Crippen molar-refractivity contribution in [2.24, 2.45) is 0 Å². The van der Waals surface area contributed by atoms with Gasteiger partial charge in [-0.2, -0.15) is 0 Å². The van der Waals surface area contributed by atoms with Crippen molar-refractivity contribution in [3.8, 4) is 0 Å². The molecule has 6 heteroatoms. The van der Waals surface area contributed by atoms with E-state index in [1.165, 1.54) is 36.4 Å². The Hall–Kier alpha value is -2.67. The average Bonchev–Trinajstić information content (AvgIpc) is 2.75. The van der Waals surface area contributed by atoms with Gasteiger partial charge in [-0.05, 0) is 54.4 Å². The van der Waals surface area contributed by atoms with Gasteiger partial charge in [-0.15, -0.1) is 0 Å². The van der Waals surface area contributed by atoms with E-state index in [4.69, 9.17) is 4.74 Å². The van der Waals surface area contributed by atoms with E-state index in [0.29, 0.717) is 17.7 Å². The molecule has 3 aromatic carbocycles. The van der Waals surface area contributed by atoms with Gasteiger partial charge in [0.15, 0.2) is 0 Å². The largest absolute Gasteiger partial charge is 0.385 e. The van der Waals surface area contributed by atoms with Crippen LogP contribution in [0.5, 0.6) is 0 Å². The van der Waals surface area contributed by atoms with Crippen LogP contribution in [0.2, 0.25) is 0 Å². The highest BCUT2D eigenvalue weighted by Gasteiger charge is 2.19. The van der Waals surface area contributed by atoms with E-state index >= 15 is 0 Å². The van der Waals surface area contributed by atoms with E-state index in [-0.39, 0.29) is 30.1 Å². The molecular formula is C24H25F3NO2+. The molecule has 0 unspecified atom stereocenters. The minimum Gasteiger partial charge on any atom is -0.385 e. The molecule has 0 amide bonds. The number of halogens is 3. The molecule has 0 spiro atoms. The van der Waals surface area contributed by atoms with Gasteiger partial charge in [0.1, 0.15) is 42.2 Å². The first-order chi connectivity index (χ1) is 14.4. The van der Waals surface area contributed by atoms with Gasteiger partial charge in [0.25, 0.3) is 0 Å². The third-order valence-corrected chi connectivity index (χ3v) is 4.96. The van der Waals surface area contributed by atoms with E-state index in [0.717, 1.165) is 5.56 Å². The first-order valence-corrected chi connectivity index (χ1v) is 9.82. The lowest BCUT2D eigenvalue weighted by atomic mass is 10.0. The van der Waals surface area contributed by atoms with Gasteiger partial charge < -0.3 is 15.2 Å². The fourth-order valence-corrected chi connectivity index (χ4v) is 3.20. The third-order valence-electron chi connectivity index (χ3n) is 4.96. The Labute approximate surface area is 174 Å². The summed E-state index contributed by atoms with van der Waals surface area (Å²) in [6.07, 6.45) is -1.31. The molecule has 0 saturated heterocycles. The van der Waals surface area contributed by atoms with Crippen LogP contribution in [-0.2, 0) is 4.74 Å². The zero-order chi connectivity index (χ0) is 21.5. The summed E-state index contributed by atoms with van der Waals surface area (Å²) < 4.78 is 45.6. The Morgan fingerprint density at radius 3 is 1.57 bits per heavy atom. The van der Waals surface area contributed by atoms with Crippen LogP contribution < -0.4 is 5.32 Å². The van der Waals surface area contributed by atoms with Crippen molar-refractivity contribution in [3.05, 3.63) is 107 Å². The molecule has 3 nitrogen and oxygen atoms in total. The number of aliphatic hydroxyl groups excluding tert-OH is 1. The summed E-state index contributed by atoms with van der Waals surface area (Å²) >= 11 is 0. The van der Waals surface area contributed by atoms with Gasteiger partial charge in [-0.25, -0.2) is 13.2 Å². The van der Waals surface area contributed by atoms with Crippen LogP contribution in [0.25, 0.3) is 0 Å². The Bertz CT molecular complexity index is 869. The summed E-state index contributed by atoms with van der Waals surface area (Å²) in [5, 5.41) is 12.3. The molecule has 3 rings (SSSR count). The van der Waals surface area contributed by atoms with Gasteiger partial charge in [0.05, 0.1) is 6.61 Å². The summed E-state index contributed by atoms with van der Waals surface area (Å²) in [5.41, 5.74) is 2.37. The quantitative estimate of drug-likeness (QED) is 0.556. The molecule has 0 radical (unpaired) electrons. The SMILES string of the molecule is C[C@@H]([NH2+]C[C@H](O)COC(c1ccc(F)cc1)c1ccc(F)cc1)c1ccc(F)cc1. The van der Waals surface area contributed by atoms with Crippen molar-refractivity contribution in [2.45, 2.75) is 25.2 Å². The van der Waals surface area contributed by atoms with E-state index < -0.39 is 12.2 Å². The highest BCUT2D eigenvalue weighted by molar-refractivity contribution is 5.30. The van der Waals surface area contributed by atoms with Crippen molar-refractivity contribution in [2.75, 3.05) is 13.2 Å². The van der Waals surface area contributed by atoms with Crippen molar-refractivity contribution in [3.63, 3.8) is 0 Å². The Morgan fingerprint density at radius 1 is 0.733 bits per heavy atom. The van der Waals surface area contributed by atoms with Crippen molar-refractivity contribution in [1.29, 1.82) is 0 Å². The lowest BCUT2D eigenvalue weighted by Gasteiger charge is -2.21. The predicted molar refractivity (Wildman–Crippen MR) is 108 cm³/mol. The number of nitrogens with two attached hydrogens (primary N) is 1. The van der Waals surface area contributed by atoms with E-state index in [1.54, 1.807) is 36.4 Å². The normalized spacial score (nSPS) is 13.4. The zero-order valence-electron chi connectivity index (χ0n) is 16.6. The molecule has 30 heavy (non-hydrogen) atoms. The maximum atomic E-state index is 13.3. The Kier molecular flexibility index (Phi) is 7.63. The minimum atomic E-state index is -0.753. The molecule has 0 aliphatic carbocycles. The topological polar surface area (TPSA) is 46.1 Å². The molecule has 0 saturated carbocycles.